The van der Waals surface area contributed by atoms with E-state index in [1.54, 1.807) is 0 Å². The Balaban J connectivity index is 3.18. The summed E-state index contributed by atoms with van der Waals surface area (Å²) in [6.45, 7) is 2.06. The van der Waals surface area contributed by atoms with Gasteiger partial charge in [0.05, 0.1) is 0 Å². The first-order valence-corrected chi connectivity index (χ1v) is 6.91. The second-order valence-electron chi connectivity index (χ2n) is 4.31. The number of alkyl halides is 3. The molecule has 4 nitrogen and oxygen atoms in total. The standard InChI is InChI=1S/C11H14F3NO3S/c1-7(2)8-3-4-9(18-6-11(12,13)14)10(5-8)19(15,16)17/h3-5,7H,6H2,1-2H3,(H2,15,16,17). The number of hydrogen-bond acceptors (Lipinski definition) is 3. The number of ether oxygens (including phenoxy) is 1. The smallest absolute Gasteiger partial charge is 0.422 e. The first-order chi connectivity index (χ1) is 8.50. The van der Waals surface area contributed by atoms with E-state index in [0.717, 1.165) is 0 Å². The van der Waals surface area contributed by atoms with Gasteiger partial charge in [-0.3, -0.25) is 0 Å². The number of halogens is 3. The van der Waals surface area contributed by atoms with E-state index in [4.69, 9.17) is 5.14 Å². The quantitative estimate of drug-likeness (QED) is 0.927. The minimum absolute atomic E-state index is 0.0113. The van der Waals surface area contributed by atoms with Gasteiger partial charge in [-0.1, -0.05) is 19.9 Å². The SMILES string of the molecule is CC(C)c1ccc(OCC(F)(F)F)c(S(N)(=O)=O)c1. The Morgan fingerprint density at radius 3 is 2.32 bits per heavy atom. The summed E-state index contributed by atoms with van der Waals surface area (Å²) in [7, 11) is -4.15. The van der Waals surface area contributed by atoms with Crippen molar-refractivity contribution in [2.45, 2.75) is 30.8 Å². The lowest BCUT2D eigenvalue weighted by Gasteiger charge is -2.14. The summed E-state index contributed by atoms with van der Waals surface area (Å²) in [6.07, 6.45) is -4.55. The van der Waals surface area contributed by atoms with Crippen molar-refractivity contribution in [1.82, 2.24) is 0 Å². The molecule has 1 rings (SSSR count). The molecule has 108 valence electrons. The first-order valence-electron chi connectivity index (χ1n) is 5.37. The number of benzene rings is 1. The van der Waals surface area contributed by atoms with Crippen LogP contribution in [0.1, 0.15) is 25.3 Å². The van der Waals surface area contributed by atoms with Crippen LogP contribution in [0.4, 0.5) is 13.2 Å². The molecule has 0 aromatic heterocycles. The number of rotatable bonds is 4. The average Bonchev–Trinajstić information content (AvgIpc) is 2.23. The molecule has 1 aromatic rings. The van der Waals surface area contributed by atoms with Crippen LogP contribution in [0.25, 0.3) is 0 Å². The second kappa shape index (κ2) is 5.38. The van der Waals surface area contributed by atoms with Crippen LogP contribution in [0.5, 0.6) is 5.75 Å². The van der Waals surface area contributed by atoms with E-state index in [1.807, 2.05) is 13.8 Å². The summed E-state index contributed by atoms with van der Waals surface area (Å²) in [6, 6.07) is 3.91. The Hall–Kier alpha value is -1.28. The molecule has 0 fully saturated rings. The number of primary sulfonamides is 1. The first kappa shape index (κ1) is 15.8. The van der Waals surface area contributed by atoms with Crippen LogP contribution >= 0.6 is 0 Å². The molecular formula is C11H14F3NO3S. The third kappa shape index (κ3) is 4.71. The zero-order valence-electron chi connectivity index (χ0n) is 10.4. The summed E-state index contributed by atoms with van der Waals surface area (Å²) in [4.78, 5) is -0.442. The van der Waals surface area contributed by atoms with E-state index >= 15 is 0 Å². The number of nitrogens with two attached hydrogens (primary N) is 1. The molecule has 19 heavy (non-hydrogen) atoms. The maximum Gasteiger partial charge on any atom is 0.422 e. The van der Waals surface area contributed by atoms with E-state index < -0.39 is 33.5 Å². The fourth-order valence-electron chi connectivity index (χ4n) is 1.38. The summed E-state index contributed by atoms with van der Waals surface area (Å²) < 4.78 is 63.4. The van der Waals surface area contributed by atoms with Gasteiger partial charge in [0.25, 0.3) is 0 Å². The van der Waals surface area contributed by atoms with Crippen LogP contribution in [0.15, 0.2) is 23.1 Å². The van der Waals surface area contributed by atoms with Gasteiger partial charge >= 0.3 is 6.18 Å². The third-order valence-corrected chi connectivity index (χ3v) is 3.26. The topological polar surface area (TPSA) is 69.4 Å². The third-order valence-electron chi connectivity index (χ3n) is 2.33. The van der Waals surface area contributed by atoms with E-state index in [-0.39, 0.29) is 5.92 Å². The van der Waals surface area contributed by atoms with Gasteiger partial charge in [-0.25, -0.2) is 13.6 Å². The molecule has 8 heteroatoms. The van der Waals surface area contributed by atoms with Crippen molar-refractivity contribution in [1.29, 1.82) is 0 Å². The number of sulfonamides is 1. The normalized spacial score (nSPS) is 12.8. The largest absolute Gasteiger partial charge is 0.483 e. The average molecular weight is 297 g/mol. The molecule has 0 bridgehead atoms. The van der Waals surface area contributed by atoms with Crippen molar-refractivity contribution in [3.05, 3.63) is 23.8 Å². The highest BCUT2D eigenvalue weighted by Gasteiger charge is 2.29. The van der Waals surface area contributed by atoms with Crippen molar-refractivity contribution in [2.24, 2.45) is 5.14 Å². The summed E-state index contributed by atoms with van der Waals surface area (Å²) in [5, 5.41) is 4.98. The van der Waals surface area contributed by atoms with Gasteiger partial charge in [0, 0.05) is 0 Å². The Labute approximate surface area is 109 Å². The van der Waals surface area contributed by atoms with Gasteiger partial charge in [-0.2, -0.15) is 13.2 Å². The predicted octanol–water partition coefficient (Wildman–Crippen LogP) is 2.40. The van der Waals surface area contributed by atoms with Gasteiger partial charge in [0.2, 0.25) is 10.0 Å². The van der Waals surface area contributed by atoms with E-state index in [9.17, 15) is 21.6 Å². The highest BCUT2D eigenvalue weighted by molar-refractivity contribution is 7.89. The Bertz CT molecular complexity index is 553. The number of hydrogen-bond donors (Lipinski definition) is 1. The molecule has 0 aliphatic heterocycles. The van der Waals surface area contributed by atoms with Gasteiger partial charge in [0.1, 0.15) is 10.6 Å². The minimum atomic E-state index is -4.55. The highest BCUT2D eigenvalue weighted by atomic mass is 32.2. The zero-order valence-corrected chi connectivity index (χ0v) is 11.2. The van der Waals surface area contributed by atoms with Crippen LogP contribution < -0.4 is 9.88 Å². The monoisotopic (exact) mass is 297 g/mol. The molecule has 0 spiro atoms. The molecule has 0 aliphatic rings. The maximum absolute atomic E-state index is 12.1. The van der Waals surface area contributed by atoms with Crippen LogP contribution in [-0.4, -0.2) is 21.2 Å². The Morgan fingerprint density at radius 1 is 1.32 bits per heavy atom. The molecule has 0 radical (unpaired) electrons. The predicted molar refractivity (Wildman–Crippen MR) is 63.5 cm³/mol. The van der Waals surface area contributed by atoms with Crippen molar-refractivity contribution in [3.8, 4) is 5.75 Å². The van der Waals surface area contributed by atoms with Gasteiger partial charge in [0.15, 0.2) is 6.61 Å². The van der Waals surface area contributed by atoms with Crippen LogP contribution in [-0.2, 0) is 10.0 Å². The fourth-order valence-corrected chi connectivity index (χ4v) is 2.09. The van der Waals surface area contributed by atoms with Crippen LogP contribution in [0.2, 0.25) is 0 Å². The molecule has 0 unspecified atom stereocenters. The van der Waals surface area contributed by atoms with Crippen molar-refractivity contribution >= 4 is 10.0 Å². The van der Waals surface area contributed by atoms with Crippen molar-refractivity contribution in [2.75, 3.05) is 6.61 Å². The highest BCUT2D eigenvalue weighted by Crippen LogP contribution is 2.28. The molecular weight excluding hydrogens is 283 g/mol. The summed E-state index contributed by atoms with van der Waals surface area (Å²) >= 11 is 0. The molecule has 0 aliphatic carbocycles. The van der Waals surface area contributed by atoms with Gasteiger partial charge < -0.3 is 4.74 Å². The van der Waals surface area contributed by atoms with Crippen molar-refractivity contribution < 1.29 is 26.3 Å². The van der Waals surface area contributed by atoms with Gasteiger partial charge in [-0.05, 0) is 23.6 Å². The van der Waals surface area contributed by atoms with Crippen LogP contribution in [0.3, 0.4) is 0 Å². The van der Waals surface area contributed by atoms with E-state index in [1.165, 1.54) is 18.2 Å². The molecule has 0 saturated heterocycles. The summed E-state index contributed by atoms with van der Waals surface area (Å²) in [5.41, 5.74) is 0.642. The van der Waals surface area contributed by atoms with E-state index in [0.29, 0.717) is 5.56 Å². The lowest BCUT2D eigenvalue weighted by molar-refractivity contribution is -0.153. The maximum atomic E-state index is 12.1. The van der Waals surface area contributed by atoms with Crippen molar-refractivity contribution in [3.63, 3.8) is 0 Å². The molecule has 0 saturated carbocycles. The molecule has 0 heterocycles. The molecule has 0 atom stereocenters. The molecule has 1 aromatic carbocycles. The molecule has 2 N–H and O–H groups in total. The molecule has 0 amide bonds. The Kier molecular flexibility index (Phi) is 4.46. The zero-order chi connectivity index (χ0) is 14.8. The fraction of sp³-hybridized carbons (Fsp3) is 0.455. The minimum Gasteiger partial charge on any atom is -0.483 e. The van der Waals surface area contributed by atoms with E-state index in [2.05, 4.69) is 4.74 Å². The lowest BCUT2D eigenvalue weighted by Crippen LogP contribution is -2.21. The summed E-state index contributed by atoms with van der Waals surface area (Å²) in [5.74, 6) is -0.388. The lowest BCUT2D eigenvalue weighted by atomic mass is 10.0. The van der Waals surface area contributed by atoms with Crippen LogP contribution in [0, 0.1) is 0 Å². The second-order valence-corrected chi connectivity index (χ2v) is 5.84. The Morgan fingerprint density at radius 2 is 1.89 bits per heavy atom. The van der Waals surface area contributed by atoms with Gasteiger partial charge in [-0.15, -0.1) is 0 Å².